The molecule has 3 rings (SSSR count). The van der Waals surface area contributed by atoms with E-state index in [9.17, 15) is 4.79 Å². The Morgan fingerprint density at radius 1 is 1.36 bits per heavy atom. The number of hydrogen-bond donors (Lipinski definition) is 0. The third kappa shape index (κ3) is 0.894. The number of anilines is 1. The summed E-state index contributed by atoms with van der Waals surface area (Å²) in [5, 5.41) is 0. The van der Waals surface area contributed by atoms with Gasteiger partial charge in [-0.05, 0) is 5.56 Å². The van der Waals surface area contributed by atoms with E-state index in [-0.39, 0.29) is 6.09 Å². The predicted octanol–water partition coefficient (Wildman–Crippen LogP) is 2.17. The first-order valence-corrected chi connectivity index (χ1v) is 4.59. The van der Waals surface area contributed by atoms with E-state index >= 15 is 0 Å². The molecule has 0 fully saturated rings. The van der Waals surface area contributed by atoms with Gasteiger partial charge < -0.3 is 4.74 Å². The second-order valence-electron chi connectivity index (χ2n) is 3.42. The topological polar surface area (TPSA) is 29.5 Å². The van der Waals surface area contributed by atoms with E-state index < -0.39 is 0 Å². The molecule has 0 aromatic heterocycles. The highest BCUT2D eigenvalue weighted by Gasteiger charge is 2.28. The lowest BCUT2D eigenvalue weighted by atomic mass is 10.0. The molecule has 14 heavy (non-hydrogen) atoms. The molecule has 0 N–H and O–H groups in total. The summed E-state index contributed by atoms with van der Waals surface area (Å²) in [6.45, 7) is 1.01. The molecule has 0 radical (unpaired) electrons. The van der Waals surface area contributed by atoms with Crippen LogP contribution in [0.5, 0.6) is 0 Å². The molecule has 0 saturated heterocycles. The highest BCUT2D eigenvalue weighted by Crippen LogP contribution is 2.33. The summed E-state index contributed by atoms with van der Waals surface area (Å²) in [6.07, 6.45) is 3.78. The maximum Gasteiger partial charge on any atom is 0.414 e. The number of amides is 1. The predicted molar refractivity (Wildman–Crippen MR) is 53.0 cm³/mol. The third-order valence-electron chi connectivity index (χ3n) is 2.58. The fourth-order valence-electron chi connectivity index (χ4n) is 1.95. The van der Waals surface area contributed by atoms with Crippen LogP contribution in [0.25, 0.3) is 6.08 Å². The molecule has 1 aromatic rings. The van der Waals surface area contributed by atoms with Gasteiger partial charge in [0.15, 0.2) is 0 Å². The molecule has 2 aliphatic heterocycles. The van der Waals surface area contributed by atoms with Crippen LogP contribution >= 0.6 is 0 Å². The number of rotatable bonds is 0. The van der Waals surface area contributed by atoms with Crippen molar-refractivity contribution in [1.29, 1.82) is 0 Å². The maximum absolute atomic E-state index is 11.4. The Balaban J connectivity index is 2.27. The fraction of sp³-hybridized carbons (Fsp3) is 0.182. The van der Waals surface area contributed by atoms with Crippen molar-refractivity contribution < 1.29 is 9.53 Å². The van der Waals surface area contributed by atoms with E-state index in [1.54, 1.807) is 4.90 Å². The molecule has 0 unspecified atom stereocenters. The number of ether oxygens (including phenoxy) is 1. The minimum atomic E-state index is -0.241. The molecule has 0 aliphatic carbocycles. The lowest BCUT2D eigenvalue weighted by Gasteiger charge is -2.31. The number of hydrogen-bond acceptors (Lipinski definition) is 2. The molecule has 1 aromatic carbocycles. The Bertz CT molecular complexity index is 437. The van der Waals surface area contributed by atoms with Crippen LogP contribution in [0.1, 0.15) is 11.1 Å². The molecule has 2 aliphatic rings. The molecule has 3 nitrogen and oxygen atoms in total. The minimum absolute atomic E-state index is 0.241. The zero-order valence-corrected chi connectivity index (χ0v) is 7.56. The summed E-state index contributed by atoms with van der Waals surface area (Å²) in [5.41, 5.74) is 3.21. The molecule has 0 atom stereocenters. The first-order chi connectivity index (χ1) is 6.86. The zero-order chi connectivity index (χ0) is 9.54. The molecule has 0 spiro atoms. The number of benzene rings is 1. The van der Waals surface area contributed by atoms with Crippen molar-refractivity contribution in [3.05, 3.63) is 35.4 Å². The first kappa shape index (κ1) is 7.62. The summed E-state index contributed by atoms with van der Waals surface area (Å²) in [5.74, 6) is 0. The number of para-hydroxylation sites is 1. The van der Waals surface area contributed by atoms with Crippen molar-refractivity contribution in [2.75, 3.05) is 11.4 Å². The van der Waals surface area contributed by atoms with Gasteiger partial charge in [0.05, 0.1) is 5.69 Å². The van der Waals surface area contributed by atoms with Crippen molar-refractivity contribution >= 4 is 17.9 Å². The maximum atomic E-state index is 11.4. The van der Waals surface area contributed by atoms with Crippen LogP contribution in [0.4, 0.5) is 10.5 Å². The third-order valence-corrected chi connectivity index (χ3v) is 2.58. The first-order valence-electron chi connectivity index (χ1n) is 4.59. The molecule has 0 saturated carbocycles. The van der Waals surface area contributed by atoms with Crippen molar-refractivity contribution in [3.63, 3.8) is 0 Å². The second kappa shape index (κ2) is 2.61. The summed E-state index contributed by atoms with van der Waals surface area (Å²) >= 11 is 0. The molecular formula is C11H9NO2. The van der Waals surface area contributed by atoms with Crippen LogP contribution in [0.2, 0.25) is 0 Å². The van der Waals surface area contributed by atoms with Crippen LogP contribution < -0.4 is 4.90 Å². The van der Waals surface area contributed by atoms with Gasteiger partial charge in [-0.2, -0.15) is 0 Å². The normalized spacial score (nSPS) is 17.7. The largest absolute Gasteiger partial charge is 0.444 e. The van der Waals surface area contributed by atoms with Gasteiger partial charge in [0.2, 0.25) is 0 Å². The zero-order valence-electron chi connectivity index (χ0n) is 7.56. The average molecular weight is 187 g/mol. The Kier molecular flexibility index (Phi) is 1.42. The fourth-order valence-corrected chi connectivity index (χ4v) is 1.95. The molecule has 0 bridgehead atoms. The molecule has 1 amide bonds. The van der Waals surface area contributed by atoms with E-state index in [1.165, 1.54) is 0 Å². The molecular weight excluding hydrogens is 178 g/mol. The molecule has 2 heterocycles. The second-order valence-corrected chi connectivity index (χ2v) is 3.42. The summed E-state index contributed by atoms with van der Waals surface area (Å²) in [4.78, 5) is 13.1. The van der Waals surface area contributed by atoms with E-state index in [0.29, 0.717) is 13.2 Å². The van der Waals surface area contributed by atoms with Crippen molar-refractivity contribution in [2.45, 2.75) is 6.61 Å². The van der Waals surface area contributed by atoms with Crippen molar-refractivity contribution in [1.82, 2.24) is 0 Å². The minimum Gasteiger partial charge on any atom is -0.444 e. The van der Waals surface area contributed by atoms with Crippen LogP contribution in [-0.4, -0.2) is 12.6 Å². The van der Waals surface area contributed by atoms with E-state index in [0.717, 1.165) is 16.8 Å². The highest BCUT2D eigenvalue weighted by molar-refractivity contribution is 5.95. The smallest absolute Gasteiger partial charge is 0.414 e. The lowest BCUT2D eigenvalue weighted by molar-refractivity contribution is 0.142. The van der Waals surface area contributed by atoms with Gasteiger partial charge >= 0.3 is 6.09 Å². The van der Waals surface area contributed by atoms with Crippen LogP contribution in [-0.2, 0) is 11.3 Å². The van der Waals surface area contributed by atoms with Crippen LogP contribution in [0.15, 0.2) is 24.3 Å². The van der Waals surface area contributed by atoms with Crippen LogP contribution in [0, 0.1) is 0 Å². The van der Waals surface area contributed by atoms with Gasteiger partial charge in [-0.25, -0.2) is 4.79 Å². The molecule has 3 heteroatoms. The number of carbonyl (C=O) groups is 1. The van der Waals surface area contributed by atoms with Gasteiger partial charge in [-0.15, -0.1) is 0 Å². The Labute approximate surface area is 81.6 Å². The summed E-state index contributed by atoms with van der Waals surface area (Å²) in [6, 6.07) is 6.00. The van der Waals surface area contributed by atoms with E-state index in [2.05, 4.69) is 0 Å². The number of cyclic esters (lactones) is 1. The van der Waals surface area contributed by atoms with Gasteiger partial charge in [0.1, 0.15) is 6.61 Å². The SMILES string of the molecule is O=C1OCc2cccc3c2N1CC=C3. The van der Waals surface area contributed by atoms with Gasteiger partial charge in [0.25, 0.3) is 0 Å². The van der Waals surface area contributed by atoms with Gasteiger partial charge in [-0.3, -0.25) is 4.90 Å². The number of carbonyl (C=O) groups excluding carboxylic acids is 1. The number of nitrogens with zero attached hydrogens (tertiary/aromatic N) is 1. The Hall–Kier alpha value is -1.77. The van der Waals surface area contributed by atoms with Crippen LogP contribution in [0.3, 0.4) is 0 Å². The lowest BCUT2D eigenvalue weighted by Crippen LogP contribution is -2.37. The summed E-state index contributed by atoms with van der Waals surface area (Å²) < 4.78 is 5.05. The quantitative estimate of drug-likeness (QED) is 0.623. The molecule has 70 valence electrons. The summed E-state index contributed by atoms with van der Waals surface area (Å²) in [7, 11) is 0. The monoisotopic (exact) mass is 187 g/mol. The average Bonchev–Trinajstić information content (AvgIpc) is 2.24. The van der Waals surface area contributed by atoms with Gasteiger partial charge in [0, 0.05) is 12.1 Å². The standard InChI is InChI=1S/C11H9NO2/c13-11-12-6-2-5-8-3-1-4-9(7-14-11)10(8)12/h1-5H,6-7H2. The van der Waals surface area contributed by atoms with E-state index in [4.69, 9.17) is 4.74 Å². The van der Waals surface area contributed by atoms with Crippen molar-refractivity contribution in [2.24, 2.45) is 0 Å². The van der Waals surface area contributed by atoms with Crippen molar-refractivity contribution in [3.8, 4) is 0 Å². The van der Waals surface area contributed by atoms with E-state index in [1.807, 2.05) is 30.4 Å². The highest BCUT2D eigenvalue weighted by atomic mass is 16.6. The Morgan fingerprint density at radius 3 is 3.21 bits per heavy atom. The van der Waals surface area contributed by atoms with Gasteiger partial charge in [-0.1, -0.05) is 30.4 Å². The Morgan fingerprint density at radius 2 is 2.29 bits per heavy atom.